The number of halogens is 4. The van der Waals surface area contributed by atoms with E-state index in [4.69, 9.17) is 16.3 Å². The molecule has 0 bridgehead atoms. The second kappa shape index (κ2) is 6.59. The number of ether oxygens (including phenoxy) is 1. The van der Waals surface area contributed by atoms with Crippen LogP contribution in [0.4, 0.5) is 13.2 Å². The van der Waals surface area contributed by atoms with Gasteiger partial charge in [0.05, 0.1) is 35.9 Å². The number of pyridine rings is 1. The summed E-state index contributed by atoms with van der Waals surface area (Å²) in [5.41, 5.74) is 1.80. The van der Waals surface area contributed by atoms with Crippen LogP contribution in [0.5, 0.6) is 0 Å². The second-order valence-electron chi connectivity index (χ2n) is 4.46. The Bertz CT molecular complexity index is 519. The number of hydrogen-bond donors (Lipinski definition) is 1. The van der Waals surface area contributed by atoms with Gasteiger partial charge in [-0.15, -0.1) is 0 Å². The molecule has 2 rings (SSSR count). The van der Waals surface area contributed by atoms with E-state index in [9.17, 15) is 18.0 Å². The molecule has 0 unspecified atom stereocenters. The lowest BCUT2D eigenvalue weighted by atomic mass is 10.2. The molecule has 1 aromatic rings. The monoisotopic (exact) mass is 323 g/mol. The van der Waals surface area contributed by atoms with Crippen molar-refractivity contribution in [3.63, 3.8) is 0 Å². The quantitative estimate of drug-likeness (QED) is 0.919. The van der Waals surface area contributed by atoms with Gasteiger partial charge in [-0.25, -0.2) is 5.01 Å². The molecule has 0 atom stereocenters. The number of rotatable bonds is 3. The first-order chi connectivity index (χ1) is 9.86. The zero-order chi connectivity index (χ0) is 15.5. The minimum atomic E-state index is -4.51. The Kier molecular flexibility index (Phi) is 5.02. The molecule has 1 fully saturated rings. The number of carbonyl (C=O) groups is 1. The Balaban J connectivity index is 1.97. The lowest BCUT2D eigenvalue weighted by molar-refractivity contribution is -0.137. The van der Waals surface area contributed by atoms with Crippen LogP contribution in [0.25, 0.3) is 0 Å². The van der Waals surface area contributed by atoms with Crippen molar-refractivity contribution in [3.8, 4) is 0 Å². The van der Waals surface area contributed by atoms with E-state index < -0.39 is 11.7 Å². The van der Waals surface area contributed by atoms with E-state index >= 15 is 0 Å². The highest BCUT2D eigenvalue weighted by Gasteiger charge is 2.31. The highest BCUT2D eigenvalue weighted by molar-refractivity contribution is 6.31. The number of amides is 1. The fraction of sp³-hybridized carbons (Fsp3) is 0.500. The number of nitrogens with one attached hydrogen (secondary N) is 1. The van der Waals surface area contributed by atoms with Crippen molar-refractivity contribution >= 4 is 17.5 Å². The molecule has 116 valence electrons. The normalized spacial score (nSPS) is 16.8. The van der Waals surface area contributed by atoms with E-state index in [0.717, 1.165) is 6.07 Å². The fourth-order valence-corrected chi connectivity index (χ4v) is 2.03. The molecule has 21 heavy (non-hydrogen) atoms. The summed E-state index contributed by atoms with van der Waals surface area (Å²) in [6, 6.07) is 0.770. The molecule has 0 aromatic carbocycles. The molecule has 0 aliphatic carbocycles. The predicted octanol–water partition coefficient (Wildman–Crippen LogP) is 1.66. The topological polar surface area (TPSA) is 54.5 Å². The summed E-state index contributed by atoms with van der Waals surface area (Å²) in [6.45, 7) is 2.14. The second-order valence-corrected chi connectivity index (χ2v) is 4.87. The lowest BCUT2D eigenvalue weighted by Gasteiger charge is -2.26. The Hall–Kier alpha value is -1.38. The van der Waals surface area contributed by atoms with Crippen molar-refractivity contribution in [2.75, 3.05) is 26.3 Å². The number of hydrazine groups is 1. The van der Waals surface area contributed by atoms with Crippen LogP contribution in [0.3, 0.4) is 0 Å². The number of aromatic nitrogens is 1. The minimum Gasteiger partial charge on any atom is -0.379 e. The SMILES string of the molecule is O=C(Cc1ncc(C(F)(F)F)cc1Cl)NN1CCOCC1. The number of nitrogens with zero attached hydrogens (tertiary/aromatic N) is 2. The van der Waals surface area contributed by atoms with E-state index in [1.54, 1.807) is 5.01 Å². The molecule has 0 spiro atoms. The van der Waals surface area contributed by atoms with Gasteiger partial charge in [0.15, 0.2) is 0 Å². The van der Waals surface area contributed by atoms with Crippen molar-refractivity contribution in [1.29, 1.82) is 0 Å². The third-order valence-electron chi connectivity index (χ3n) is 2.87. The number of morpholine rings is 1. The van der Waals surface area contributed by atoms with Crippen LogP contribution in [0.15, 0.2) is 12.3 Å². The molecule has 9 heteroatoms. The van der Waals surface area contributed by atoms with Gasteiger partial charge >= 0.3 is 6.18 Å². The van der Waals surface area contributed by atoms with Crippen LogP contribution in [-0.2, 0) is 22.1 Å². The van der Waals surface area contributed by atoms with E-state index in [0.29, 0.717) is 32.5 Å². The average Bonchev–Trinajstić information content (AvgIpc) is 2.41. The van der Waals surface area contributed by atoms with Crippen LogP contribution in [0.2, 0.25) is 5.02 Å². The molecule has 0 saturated carbocycles. The van der Waals surface area contributed by atoms with E-state index in [2.05, 4.69) is 10.4 Å². The first-order valence-electron chi connectivity index (χ1n) is 6.20. The van der Waals surface area contributed by atoms with Crippen molar-refractivity contribution in [2.24, 2.45) is 0 Å². The summed E-state index contributed by atoms with van der Waals surface area (Å²) in [5, 5.41) is 1.51. The number of alkyl halides is 3. The van der Waals surface area contributed by atoms with Crippen LogP contribution >= 0.6 is 11.6 Å². The van der Waals surface area contributed by atoms with Crippen LogP contribution in [0.1, 0.15) is 11.3 Å². The van der Waals surface area contributed by atoms with Gasteiger partial charge in [-0.2, -0.15) is 13.2 Å². The molecular weight excluding hydrogens is 311 g/mol. The molecule has 0 radical (unpaired) electrons. The molecule has 1 N–H and O–H groups in total. The lowest BCUT2D eigenvalue weighted by Crippen LogP contribution is -2.48. The van der Waals surface area contributed by atoms with E-state index in [1.807, 2.05) is 0 Å². The Morgan fingerprint density at radius 1 is 1.43 bits per heavy atom. The highest BCUT2D eigenvalue weighted by Crippen LogP contribution is 2.31. The molecule has 1 aromatic heterocycles. The summed E-state index contributed by atoms with van der Waals surface area (Å²) in [7, 11) is 0. The van der Waals surface area contributed by atoms with Crippen molar-refractivity contribution in [3.05, 3.63) is 28.5 Å². The van der Waals surface area contributed by atoms with Gasteiger partial charge in [-0.3, -0.25) is 15.2 Å². The predicted molar refractivity (Wildman–Crippen MR) is 68.5 cm³/mol. The van der Waals surface area contributed by atoms with Crippen LogP contribution in [-0.4, -0.2) is 42.2 Å². The Labute approximate surface area is 124 Å². The molecule has 1 aliphatic heterocycles. The maximum absolute atomic E-state index is 12.5. The molecule has 5 nitrogen and oxygen atoms in total. The highest BCUT2D eigenvalue weighted by atomic mass is 35.5. The molecular formula is C12H13ClF3N3O2. The van der Waals surface area contributed by atoms with Crippen LogP contribution < -0.4 is 5.43 Å². The molecule has 1 amide bonds. The molecule has 1 saturated heterocycles. The largest absolute Gasteiger partial charge is 0.417 e. The van der Waals surface area contributed by atoms with E-state index in [-0.39, 0.29) is 23.0 Å². The maximum atomic E-state index is 12.5. The van der Waals surface area contributed by atoms with Gasteiger partial charge in [0.1, 0.15) is 0 Å². The molecule has 2 heterocycles. The fourth-order valence-electron chi connectivity index (χ4n) is 1.79. The first-order valence-corrected chi connectivity index (χ1v) is 6.58. The number of hydrogen-bond acceptors (Lipinski definition) is 4. The van der Waals surface area contributed by atoms with E-state index in [1.165, 1.54) is 0 Å². The summed E-state index contributed by atoms with van der Waals surface area (Å²) < 4.78 is 42.6. The Morgan fingerprint density at radius 2 is 2.10 bits per heavy atom. The van der Waals surface area contributed by atoms with Gasteiger partial charge in [0.25, 0.3) is 0 Å². The van der Waals surface area contributed by atoms with Crippen molar-refractivity contribution in [1.82, 2.24) is 15.4 Å². The maximum Gasteiger partial charge on any atom is 0.417 e. The first kappa shape index (κ1) is 16.0. The summed E-state index contributed by atoms with van der Waals surface area (Å²) in [4.78, 5) is 15.4. The smallest absolute Gasteiger partial charge is 0.379 e. The van der Waals surface area contributed by atoms with Crippen molar-refractivity contribution in [2.45, 2.75) is 12.6 Å². The Morgan fingerprint density at radius 3 is 2.67 bits per heavy atom. The zero-order valence-corrected chi connectivity index (χ0v) is 11.7. The summed E-state index contributed by atoms with van der Waals surface area (Å²) in [6.07, 6.45) is -4.03. The van der Waals surface area contributed by atoms with Gasteiger partial charge < -0.3 is 4.74 Å². The number of carbonyl (C=O) groups excluding carboxylic acids is 1. The van der Waals surface area contributed by atoms with Crippen LogP contribution in [0, 0.1) is 0 Å². The van der Waals surface area contributed by atoms with Gasteiger partial charge in [-0.05, 0) is 6.07 Å². The van der Waals surface area contributed by atoms with Gasteiger partial charge in [0.2, 0.25) is 5.91 Å². The molecule has 1 aliphatic rings. The van der Waals surface area contributed by atoms with Gasteiger partial charge in [0, 0.05) is 19.3 Å². The van der Waals surface area contributed by atoms with Gasteiger partial charge in [-0.1, -0.05) is 11.6 Å². The minimum absolute atomic E-state index is 0.107. The average molecular weight is 324 g/mol. The third-order valence-corrected chi connectivity index (χ3v) is 3.19. The summed E-state index contributed by atoms with van der Waals surface area (Å²) in [5.74, 6) is -0.383. The third kappa shape index (κ3) is 4.55. The van der Waals surface area contributed by atoms with Crippen molar-refractivity contribution < 1.29 is 22.7 Å². The standard InChI is InChI=1S/C12H13ClF3N3O2/c13-9-5-8(12(14,15)16)7-17-10(9)6-11(20)18-19-1-3-21-4-2-19/h5,7H,1-4,6H2,(H,18,20). The summed E-state index contributed by atoms with van der Waals surface area (Å²) >= 11 is 5.75. The zero-order valence-electron chi connectivity index (χ0n) is 10.9.